The minimum absolute atomic E-state index is 0.0403. The van der Waals surface area contributed by atoms with Crippen LogP contribution in [0.1, 0.15) is 52.5 Å². The fourth-order valence-corrected chi connectivity index (χ4v) is 3.55. The minimum atomic E-state index is -0.163. The summed E-state index contributed by atoms with van der Waals surface area (Å²) in [6.07, 6.45) is 1.73. The summed E-state index contributed by atoms with van der Waals surface area (Å²) in [7, 11) is 0. The molecular formula is C18H22BrN3O2S. The topological polar surface area (TPSA) is 62.3 Å². The molecule has 5 nitrogen and oxygen atoms in total. The smallest absolute Gasteiger partial charge is 0.270 e. The van der Waals surface area contributed by atoms with Crippen molar-refractivity contribution in [2.75, 3.05) is 13.1 Å². The molecule has 1 aromatic heterocycles. The maximum absolute atomic E-state index is 12.8. The summed E-state index contributed by atoms with van der Waals surface area (Å²) in [6, 6.07) is 7.40. The Labute approximate surface area is 160 Å². The zero-order valence-electron chi connectivity index (χ0n) is 14.4. The van der Waals surface area contributed by atoms with Gasteiger partial charge in [-0.3, -0.25) is 9.59 Å². The lowest BCUT2D eigenvalue weighted by molar-refractivity contribution is 0.0742. The molecule has 1 aromatic carbocycles. The van der Waals surface area contributed by atoms with Crippen molar-refractivity contribution in [2.24, 2.45) is 0 Å². The van der Waals surface area contributed by atoms with Gasteiger partial charge in [-0.2, -0.15) is 0 Å². The number of carbonyl (C=O) groups excluding carboxylic acids is 2. The molecule has 7 heteroatoms. The van der Waals surface area contributed by atoms with Gasteiger partial charge in [0.1, 0.15) is 10.7 Å². The maximum Gasteiger partial charge on any atom is 0.270 e. The molecule has 0 spiro atoms. The zero-order valence-corrected chi connectivity index (χ0v) is 16.8. The van der Waals surface area contributed by atoms with Crippen LogP contribution in [0.3, 0.4) is 0 Å². The lowest BCUT2D eigenvalue weighted by atomic mass is 10.2. The van der Waals surface area contributed by atoms with Crippen LogP contribution >= 0.6 is 27.3 Å². The van der Waals surface area contributed by atoms with E-state index in [-0.39, 0.29) is 11.8 Å². The standard InChI is InChI=1S/C18H22BrN3O2S/c1-3-9-20-17(23)15-12-25-16(21-15)11-22(10-4-2)18(24)13-7-5-6-8-14(13)19/h5-8,12H,3-4,9-11H2,1-2H3,(H,20,23). The van der Waals surface area contributed by atoms with Crippen molar-refractivity contribution >= 4 is 39.1 Å². The summed E-state index contributed by atoms with van der Waals surface area (Å²) < 4.78 is 0.778. The average Bonchev–Trinajstić information content (AvgIpc) is 3.08. The van der Waals surface area contributed by atoms with Gasteiger partial charge in [-0.05, 0) is 40.9 Å². The van der Waals surface area contributed by atoms with Gasteiger partial charge in [-0.25, -0.2) is 4.98 Å². The fraction of sp³-hybridized carbons (Fsp3) is 0.389. The molecule has 1 N–H and O–H groups in total. The molecule has 0 aliphatic carbocycles. The van der Waals surface area contributed by atoms with E-state index in [1.807, 2.05) is 32.0 Å². The van der Waals surface area contributed by atoms with Crippen LogP contribution < -0.4 is 5.32 Å². The molecule has 0 saturated heterocycles. The molecule has 1 heterocycles. The summed E-state index contributed by atoms with van der Waals surface area (Å²) in [5.74, 6) is -0.204. The minimum Gasteiger partial charge on any atom is -0.351 e. The van der Waals surface area contributed by atoms with Crippen molar-refractivity contribution in [3.05, 3.63) is 50.4 Å². The number of benzene rings is 1. The van der Waals surface area contributed by atoms with Crippen molar-refractivity contribution < 1.29 is 9.59 Å². The molecule has 0 saturated carbocycles. The summed E-state index contributed by atoms with van der Waals surface area (Å²) in [6.45, 7) is 5.71. The number of thiazole rings is 1. The highest BCUT2D eigenvalue weighted by molar-refractivity contribution is 9.10. The third-order valence-electron chi connectivity index (χ3n) is 3.53. The number of hydrogen-bond acceptors (Lipinski definition) is 4. The van der Waals surface area contributed by atoms with E-state index in [1.165, 1.54) is 11.3 Å². The Morgan fingerprint density at radius 2 is 2.00 bits per heavy atom. The Balaban J connectivity index is 2.12. The predicted molar refractivity (Wildman–Crippen MR) is 104 cm³/mol. The van der Waals surface area contributed by atoms with Gasteiger partial charge in [-0.1, -0.05) is 26.0 Å². The van der Waals surface area contributed by atoms with Crippen LogP contribution in [0.15, 0.2) is 34.1 Å². The number of hydrogen-bond donors (Lipinski definition) is 1. The number of rotatable bonds is 8. The van der Waals surface area contributed by atoms with Gasteiger partial charge < -0.3 is 10.2 Å². The van der Waals surface area contributed by atoms with Gasteiger partial charge >= 0.3 is 0 Å². The van der Waals surface area contributed by atoms with Gasteiger partial charge in [0.2, 0.25) is 0 Å². The first-order valence-electron chi connectivity index (χ1n) is 8.33. The van der Waals surface area contributed by atoms with E-state index in [0.717, 1.165) is 22.3 Å². The SMILES string of the molecule is CCCNC(=O)c1csc(CN(CCC)C(=O)c2ccccc2Br)n1. The molecule has 25 heavy (non-hydrogen) atoms. The maximum atomic E-state index is 12.8. The second-order valence-corrected chi connectivity index (χ2v) is 7.39. The second kappa shape index (κ2) is 9.68. The third kappa shape index (κ3) is 5.37. The lowest BCUT2D eigenvalue weighted by Crippen LogP contribution is -2.31. The van der Waals surface area contributed by atoms with E-state index >= 15 is 0 Å². The number of amides is 2. The molecule has 0 unspecified atom stereocenters. The van der Waals surface area contributed by atoms with E-state index in [9.17, 15) is 9.59 Å². The van der Waals surface area contributed by atoms with Crippen LogP contribution in [0, 0.1) is 0 Å². The quantitative estimate of drug-likeness (QED) is 0.694. The molecule has 0 fully saturated rings. The first kappa shape index (κ1) is 19.6. The molecule has 0 aliphatic heterocycles. The van der Waals surface area contributed by atoms with E-state index in [4.69, 9.17) is 0 Å². The van der Waals surface area contributed by atoms with Crippen LogP contribution in [0.2, 0.25) is 0 Å². The van der Waals surface area contributed by atoms with Crippen LogP contribution in [0.5, 0.6) is 0 Å². The molecule has 2 aromatic rings. The van der Waals surface area contributed by atoms with Crippen molar-refractivity contribution in [1.82, 2.24) is 15.2 Å². The molecule has 2 amide bonds. The van der Waals surface area contributed by atoms with Crippen LogP contribution in [-0.2, 0) is 6.54 Å². The van der Waals surface area contributed by atoms with Crippen molar-refractivity contribution in [3.63, 3.8) is 0 Å². The molecule has 134 valence electrons. The van der Waals surface area contributed by atoms with Gasteiger partial charge in [0, 0.05) is 22.9 Å². The number of carbonyl (C=O) groups is 2. The highest BCUT2D eigenvalue weighted by atomic mass is 79.9. The van der Waals surface area contributed by atoms with Gasteiger partial charge in [0.15, 0.2) is 0 Å². The van der Waals surface area contributed by atoms with Gasteiger partial charge in [-0.15, -0.1) is 11.3 Å². The van der Waals surface area contributed by atoms with Crippen LogP contribution in [0.4, 0.5) is 0 Å². The summed E-state index contributed by atoms with van der Waals surface area (Å²) in [4.78, 5) is 31.0. The van der Waals surface area contributed by atoms with E-state index in [1.54, 1.807) is 16.3 Å². The average molecular weight is 424 g/mol. The molecule has 0 aliphatic rings. The summed E-state index contributed by atoms with van der Waals surface area (Å²) in [5, 5.41) is 5.32. The van der Waals surface area contributed by atoms with Crippen LogP contribution in [0.25, 0.3) is 0 Å². The van der Waals surface area contributed by atoms with Crippen LogP contribution in [-0.4, -0.2) is 34.8 Å². The number of aromatic nitrogens is 1. The Morgan fingerprint density at radius 1 is 1.24 bits per heavy atom. The highest BCUT2D eigenvalue weighted by Crippen LogP contribution is 2.20. The number of halogens is 1. The lowest BCUT2D eigenvalue weighted by Gasteiger charge is -2.21. The summed E-state index contributed by atoms with van der Waals surface area (Å²) in [5.41, 5.74) is 1.05. The first-order chi connectivity index (χ1) is 12.1. The Morgan fingerprint density at radius 3 is 2.68 bits per heavy atom. The molecule has 2 rings (SSSR count). The highest BCUT2D eigenvalue weighted by Gasteiger charge is 2.19. The molecule has 0 bridgehead atoms. The first-order valence-corrected chi connectivity index (χ1v) is 10.0. The fourth-order valence-electron chi connectivity index (χ4n) is 2.31. The largest absolute Gasteiger partial charge is 0.351 e. The monoisotopic (exact) mass is 423 g/mol. The predicted octanol–water partition coefficient (Wildman–Crippen LogP) is 4.10. The Bertz CT molecular complexity index is 733. The Hall–Kier alpha value is -1.73. The molecule has 0 atom stereocenters. The second-order valence-electron chi connectivity index (χ2n) is 5.59. The third-order valence-corrected chi connectivity index (χ3v) is 5.06. The van der Waals surface area contributed by atoms with Crippen molar-refractivity contribution in [2.45, 2.75) is 33.2 Å². The van der Waals surface area contributed by atoms with Crippen molar-refractivity contribution in [1.29, 1.82) is 0 Å². The molecule has 0 radical (unpaired) electrons. The van der Waals surface area contributed by atoms with Gasteiger partial charge in [0.25, 0.3) is 11.8 Å². The van der Waals surface area contributed by atoms with Crippen molar-refractivity contribution in [3.8, 4) is 0 Å². The van der Waals surface area contributed by atoms with E-state index in [0.29, 0.717) is 30.9 Å². The Kier molecular flexibility index (Phi) is 7.58. The van der Waals surface area contributed by atoms with E-state index < -0.39 is 0 Å². The molecular weight excluding hydrogens is 402 g/mol. The number of nitrogens with zero attached hydrogens (tertiary/aromatic N) is 2. The normalized spacial score (nSPS) is 10.5. The zero-order chi connectivity index (χ0) is 18.2. The number of nitrogens with one attached hydrogen (secondary N) is 1. The van der Waals surface area contributed by atoms with Gasteiger partial charge in [0.05, 0.1) is 12.1 Å². The van der Waals surface area contributed by atoms with E-state index in [2.05, 4.69) is 26.2 Å². The summed E-state index contributed by atoms with van der Waals surface area (Å²) >= 11 is 4.84.